The first kappa shape index (κ1) is 14.5. The SMILES string of the molecule is CCc1ccc(C(O)C(C)NC2CCCCC2)cc1. The van der Waals surface area contributed by atoms with E-state index >= 15 is 0 Å². The molecule has 19 heavy (non-hydrogen) atoms. The van der Waals surface area contributed by atoms with Gasteiger partial charge in [-0.2, -0.15) is 0 Å². The average Bonchev–Trinajstić information content (AvgIpc) is 2.47. The molecule has 2 N–H and O–H groups in total. The third kappa shape index (κ3) is 4.05. The Morgan fingerprint density at radius 3 is 2.37 bits per heavy atom. The second-order valence-corrected chi connectivity index (χ2v) is 5.83. The molecule has 2 rings (SSSR count). The molecule has 1 aliphatic carbocycles. The number of aryl methyl sites for hydroxylation is 1. The lowest BCUT2D eigenvalue weighted by molar-refractivity contribution is 0.125. The molecule has 106 valence electrons. The lowest BCUT2D eigenvalue weighted by atomic mass is 9.93. The molecule has 0 aromatic heterocycles. The lowest BCUT2D eigenvalue weighted by Crippen LogP contribution is -2.41. The fourth-order valence-corrected chi connectivity index (χ4v) is 2.97. The number of rotatable bonds is 5. The van der Waals surface area contributed by atoms with Gasteiger partial charge in [0, 0.05) is 12.1 Å². The van der Waals surface area contributed by atoms with E-state index in [-0.39, 0.29) is 6.04 Å². The topological polar surface area (TPSA) is 32.3 Å². The van der Waals surface area contributed by atoms with E-state index in [9.17, 15) is 5.11 Å². The van der Waals surface area contributed by atoms with E-state index in [4.69, 9.17) is 0 Å². The zero-order valence-electron chi connectivity index (χ0n) is 12.2. The van der Waals surface area contributed by atoms with Gasteiger partial charge in [-0.3, -0.25) is 0 Å². The van der Waals surface area contributed by atoms with E-state index in [1.165, 1.54) is 37.7 Å². The van der Waals surface area contributed by atoms with Crippen LogP contribution in [-0.4, -0.2) is 17.2 Å². The molecule has 1 aliphatic rings. The molecule has 2 atom stereocenters. The summed E-state index contributed by atoms with van der Waals surface area (Å²) in [5.74, 6) is 0. The molecule has 1 fully saturated rings. The molecule has 1 aromatic rings. The predicted molar refractivity (Wildman–Crippen MR) is 80.3 cm³/mol. The highest BCUT2D eigenvalue weighted by molar-refractivity contribution is 5.24. The van der Waals surface area contributed by atoms with Crippen LogP contribution in [0.15, 0.2) is 24.3 Å². The molecule has 0 spiro atoms. The Kier molecular flexibility index (Phi) is 5.41. The van der Waals surface area contributed by atoms with Crippen molar-refractivity contribution in [2.75, 3.05) is 0 Å². The van der Waals surface area contributed by atoms with Crippen molar-refractivity contribution in [3.05, 3.63) is 35.4 Å². The van der Waals surface area contributed by atoms with Crippen molar-refractivity contribution in [2.24, 2.45) is 0 Å². The Labute approximate surface area is 117 Å². The van der Waals surface area contributed by atoms with Gasteiger partial charge in [0.25, 0.3) is 0 Å². The molecule has 0 radical (unpaired) electrons. The molecule has 1 aromatic carbocycles. The van der Waals surface area contributed by atoms with Gasteiger partial charge in [-0.05, 0) is 37.3 Å². The number of hydrogen-bond donors (Lipinski definition) is 2. The molecular formula is C17H27NO. The van der Waals surface area contributed by atoms with E-state index in [0.29, 0.717) is 6.04 Å². The van der Waals surface area contributed by atoms with E-state index in [2.05, 4.69) is 43.4 Å². The Morgan fingerprint density at radius 1 is 1.16 bits per heavy atom. The van der Waals surface area contributed by atoms with Crippen molar-refractivity contribution in [1.82, 2.24) is 5.32 Å². The van der Waals surface area contributed by atoms with Crippen molar-refractivity contribution in [1.29, 1.82) is 0 Å². The van der Waals surface area contributed by atoms with Crippen LogP contribution >= 0.6 is 0 Å². The monoisotopic (exact) mass is 261 g/mol. The zero-order valence-corrected chi connectivity index (χ0v) is 12.2. The minimum atomic E-state index is -0.409. The summed E-state index contributed by atoms with van der Waals surface area (Å²) in [5, 5.41) is 14.0. The van der Waals surface area contributed by atoms with Crippen LogP contribution in [0.3, 0.4) is 0 Å². The Morgan fingerprint density at radius 2 is 1.79 bits per heavy atom. The van der Waals surface area contributed by atoms with Crippen LogP contribution in [0.2, 0.25) is 0 Å². The lowest BCUT2D eigenvalue weighted by Gasteiger charge is -2.29. The van der Waals surface area contributed by atoms with Crippen LogP contribution in [0.25, 0.3) is 0 Å². The minimum absolute atomic E-state index is 0.121. The highest BCUT2D eigenvalue weighted by Crippen LogP contribution is 2.22. The Balaban J connectivity index is 1.91. The third-order valence-corrected chi connectivity index (χ3v) is 4.31. The maximum atomic E-state index is 10.4. The summed E-state index contributed by atoms with van der Waals surface area (Å²) in [6.07, 6.45) is 7.17. The van der Waals surface area contributed by atoms with Gasteiger partial charge in [0.1, 0.15) is 0 Å². The van der Waals surface area contributed by atoms with E-state index in [1.54, 1.807) is 0 Å². The van der Waals surface area contributed by atoms with Gasteiger partial charge in [0.15, 0.2) is 0 Å². The Bertz CT molecular complexity index is 367. The van der Waals surface area contributed by atoms with Gasteiger partial charge >= 0.3 is 0 Å². The fraction of sp³-hybridized carbons (Fsp3) is 0.647. The van der Waals surface area contributed by atoms with E-state index in [0.717, 1.165) is 12.0 Å². The van der Waals surface area contributed by atoms with Gasteiger partial charge in [-0.1, -0.05) is 50.5 Å². The summed E-state index contributed by atoms with van der Waals surface area (Å²) >= 11 is 0. The van der Waals surface area contributed by atoms with Crippen molar-refractivity contribution >= 4 is 0 Å². The molecule has 2 unspecified atom stereocenters. The van der Waals surface area contributed by atoms with E-state index < -0.39 is 6.10 Å². The number of hydrogen-bond acceptors (Lipinski definition) is 2. The fourth-order valence-electron chi connectivity index (χ4n) is 2.97. The number of benzene rings is 1. The predicted octanol–water partition coefficient (Wildman–Crippen LogP) is 3.59. The van der Waals surface area contributed by atoms with Crippen LogP contribution in [0.4, 0.5) is 0 Å². The summed E-state index contributed by atoms with van der Waals surface area (Å²) in [6, 6.07) is 9.06. The summed E-state index contributed by atoms with van der Waals surface area (Å²) in [7, 11) is 0. The van der Waals surface area contributed by atoms with Crippen molar-refractivity contribution in [3.8, 4) is 0 Å². The van der Waals surface area contributed by atoms with Gasteiger partial charge in [-0.25, -0.2) is 0 Å². The number of aliphatic hydroxyl groups is 1. The molecule has 2 nitrogen and oxygen atoms in total. The molecular weight excluding hydrogens is 234 g/mol. The van der Waals surface area contributed by atoms with Crippen LogP contribution in [-0.2, 0) is 6.42 Å². The first-order valence-electron chi connectivity index (χ1n) is 7.73. The highest BCUT2D eigenvalue weighted by Gasteiger charge is 2.21. The summed E-state index contributed by atoms with van der Waals surface area (Å²) in [6.45, 7) is 4.24. The summed E-state index contributed by atoms with van der Waals surface area (Å²) < 4.78 is 0. The van der Waals surface area contributed by atoms with Gasteiger partial charge in [-0.15, -0.1) is 0 Å². The smallest absolute Gasteiger partial charge is 0.0940 e. The quantitative estimate of drug-likeness (QED) is 0.849. The maximum Gasteiger partial charge on any atom is 0.0940 e. The Hall–Kier alpha value is -0.860. The number of aliphatic hydroxyl groups excluding tert-OH is 1. The van der Waals surface area contributed by atoms with Crippen molar-refractivity contribution < 1.29 is 5.11 Å². The molecule has 0 saturated heterocycles. The molecule has 2 heteroatoms. The third-order valence-electron chi connectivity index (χ3n) is 4.31. The average molecular weight is 261 g/mol. The van der Waals surface area contributed by atoms with Gasteiger partial charge in [0.05, 0.1) is 6.10 Å². The zero-order chi connectivity index (χ0) is 13.7. The molecule has 0 bridgehead atoms. The van der Waals surface area contributed by atoms with Crippen molar-refractivity contribution in [2.45, 2.75) is 70.6 Å². The second kappa shape index (κ2) is 7.06. The largest absolute Gasteiger partial charge is 0.387 e. The van der Waals surface area contributed by atoms with Gasteiger partial charge < -0.3 is 10.4 Å². The van der Waals surface area contributed by atoms with Gasteiger partial charge in [0.2, 0.25) is 0 Å². The second-order valence-electron chi connectivity index (χ2n) is 5.83. The molecule has 1 saturated carbocycles. The molecule has 0 amide bonds. The summed E-state index contributed by atoms with van der Waals surface area (Å²) in [5.41, 5.74) is 2.34. The van der Waals surface area contributed by atoms with E-state index in [1.807, 2.05) is 0 Å². The van der Waals surface area contributed by atoms with Crippen molar-refractivity contribution in [3.63, 3.8) is 0 Å². The van der Waals surface area contributed by atoms with Crippen LogP contribution in [0.1, 0.15) is 63.2 Å². The minimum Gasteiger partial charge on any atom is -0.387 e. The number of nitrogens with one attached hydrogen (secondary N) is 1. The van der Waals surface area contributed by atoms with Crippen LogP contribution in [0.5, 0.6) is 0 Å². The maximum absolute atomic E-state index is 10.4. The normalized spacial score (nSPS) is 20.2. The van der Waals surface area contributed by atoms with Crippen LogP contribution < -0.4 is 5.32 Å². The highest BCUT2D eigenvalue weighted by atomic mass is 16.3. The summed E-state index contributed by atoms with van der Waals surface area (Å²) in [4.78, 5) is 0. The molecule has 0 aliphatic heterocycles. The standard InChI is InChI=1S/C17H27NO/c1-3-14-9-11-15(12-10-14)17(19)13(2)18-16-7-5-4-6-8-16/h9-13,16-19H,3-8H2,1-2H3. The first-order chi connectivity index (χ1) is 9.20. The first-order valence-corrected chi connectivity index (χ1v) is 7.73. The van der Waals surface area contributed by atoms with Crippen LogP contribution in [0, 0.1) is 0 Å². The molecule has 0 heterocycles.